The number of ether oxygens (including phenoxy) is 2. The van der Waals surface area contributed by atoms with Crippen molar-refractivity contribution in [2.45, 2.75) is 25.3 Å². The molecular formula is C11H19NO2. The van der Waals surface area contributed by atoms with Crippen molar-refractivity contribution in [2.24, 2.45) is 5.92 Å². The average molecular weight is 197 g/mol. The second kappa shape index (κ2) is 4.80. The van der Waals surface area contributed by atoms with E-state index in [9.17, 15) is 0 Å². The molecule has 1 N–H and O–H groups in total. The van der Waals surface area contributed by atoms with Gasteiger partial charge in [0, 0.05) is 19.6 Å². The van der Waals surface area contributed by atoms with Gasteiger partial charge in [-0.1, -0.05) is 0 Å². The lowest BCUT2D eigenvalue weighted by atomic mass is 9.98. The molecule has 0 aromatic heterocycles. The van der Waals surface area contributed by atoms with Crippen molar-refractivity contribution in [2.75, 3.05) is 26.9 Å². The minimum atomic E-state index is 0.393. The lowest BCUT2D eigenvalue weighted by Crippen LogP contribution is -2.30. The van der Waals surface area contributed by atoms with Crippen LogP contribution < -0.4 is 5.32 Å². The second-order valence-electron chi connectivity index (χ2n) is 4.05. The van der Waals surface area contributed by atoms with Crippen molar-refractivity contribution in [3.8, 4) is 0 Å². The molecule has 80 valence electrons. The van der Waals surface area contributed by atoms with E-state index in [0.29, 0.717) is 12.0 Å². The Bertz CT molecular complexity index is 209. The molecule has 3 heteroatoms. The number of rotatable bonds is 4. The monoisotopic (exact) mass is 197 g/mol. The third-order valence-corrected chi connectivity index (χ3v) is 3.02. The first kappa shape index (κ1) is 9.99. The zero-order chi connectivity index (χ0) is 9.80. The molecule has 2 aliphatic rings. The highest BCUT2D eigenvalue weighted by Crippen LogP contribution is 2.23. The van der Waals surface area contributed by atoms with Crippen LogP contribution in [0.5, 0.6) is 0 Å². The predicted molar refractivity (Wildman–Crippen MR) is 55.0 cm³/mol. The molecule has 2 heterocycles. The maximum atomic E-state index is 5.57. The minimum Gasteiger partial charge on any atom is -0.496 e. The van der Waals surface area contributed by atoms with Gasteiger partial charge in [-0.05, 0) is 31.9 Å². The van der Waals surface area contributed by atoms with Crippen LogP contribution in [0.25, 0.3) is 0 Å². The summed E-state index contributed by atoms with van der Waals surface area (Å²) < 4.78 is 11.0. The van der Waals surface area contributed by atoms with Crippen LogP contribution in [0.15, 0.2) is 11.8 Å². The van der Waals surface area contributed by atoms with E-state index in [4.69, 9.17) is 9.47 Å². The molecule has 0 bridgehead atoms. The van der Waals surface area contributed by atoms with E-state index in [1.165, 1.54) is 6.42 Å². The summed E-state index contributed by atoms with van der Waals surface area (Å²) in [5, 5.41) is 3.32. The van der Waals surface area contributed by atoms with E-state index in [-0.39, 0.29) is 0 Å². The fourth-order valence-electron chi connectivity index (χ4n) is 2.16. The smallest absolute Gasteiger partial charge is 0.109 e. The topological polar surface area (TPSA) is 30.5 Å². The number of likely N-dealkylation sites (N-methyl/N-ethyl adjacent to an activating group) is 1. The fraction of sp³-hybridized carbons (Fsp3) is 0.818. The molecule has 0 aromatic carbocycles. The highest BCUT2D eigenvalue weighted by molar-refractivity contribution is 5.07. The maximum Gasteiger partial charge on any atom is 0.109 e. The molecule has 2 rings (SSSR count). The Hall–Kier alpha value is -0.540. The molecule has 2 aliphatic heterocycles. The van der Waals surface area contributed by atoms with E-state index in [2.05, 4.69) is 11.4 Å². The van der Waals surface area contributed by atoms with Gasteiger partial charge in [-0.15, -0.1) is 0 Å². The average Bonchev–Trinajstić information content (AvgIpc) is 2.86. The molecule has 0 spiro atoms. The zero-order valence-corrected chi connectivity index (χ0v) is 8.79. The van der Waals surface area contributed by atoms with Crippen molar-refractivity contribution in [1.82, 2.24) is 5.32 Å². The molecular weight excluding hydrogens is 178 g/mol. The van der Waals surface area contributed by atoms with Gasteiger partial charge in [-0.25, -0.2) is 0 Å². The Labute approximate surface area is 85.5 Å². The molecule has 0 aliphatic carbocycles. The van der Waals surface area contributed by atoms with Crippen LogP contribution in [0.3, 0.4) is 0 Å². The van der Waals surface area contributed by atoms with E-state index in [1.807, 2.05) is 7.05 Å². The van der Waals surface area contributed by atoms with Gasteiger partial charge in [0.2, 0.25) is 0 Å². The lowest BCUT2D eigenvalue weighted by molar-refractivity contribution is 0.174. The third kappa shape index (κ3) is 2.28. The lowest BCUT2D eigenvalue weighted by Gasteiger charge is -2.20. The SMILES string of the molecule is CNC(CC1CCOC1)C1=CCCO1. The first-order valence-electron chi connectivity index (χ1n) is 5.48. The molecule has 2 atom stereocenters. The summed E-state index contributed by atoms with van der Waals surface area (Å²) in [5.74, 6) is 1.84. The fourth-order valence-corrected chi connectivity index (χ4v) is 2.16. The molecule has 3 nitrogen and oxygen atoms in total. The second-order valence-corrected chi connectivity index (χ2v) is 4.05. The molecule has 0 amide bonds. The molecule has 14 heavy (non-hydrogen) atoms. The maximum absolute atomic E-state index is 5.57. The summed E-state index contributed by atoms with van der Waals surface area (Å²) in [6.07, 6.45) is 5.61. The summed E-state index contributed by atoms with van der Waals surface area (Å²) >= 11 is 0. The van der Waals surface area contributed by atoms with Crippen LogP contribution in [0.4, 0.5) is 0 Å². The van der Waals surface area contributed by atoms with Gasteiger partial charge in [0.05, 0.1) is 12.6 Å². The van der Waals surface area contributed by atoms with Crippen LogP contribution in [-0.2, 0) is 9.47 Å². The Balaban J connectivity index is 1.85. The number of hydrogen-bond acceptors (Lipinski definition) is 3. The van der Waals surface area contributed by atoms with Crippen LogP contribution in [0.2, 0.25) is 0 Å². The van der Waals surface area contributed by atoms with Crippen LogP contribution in [-0.4, -0.2) is 32.9 Å². The van der Waals surface area contributed by atoms with Crippen molar-refractivity contribution in [3.05, 3.63) is 11.8 Å². The van der Waals surface area contributed by atoms with Crippen molar-refractivity contribution in [3.63, 3.8) is 0 Å². The Morgan fingerprint density at radius 1 is 1.57 bits per heavy atom. The molecule has 0 saturated carbocycles. The standard InChI is InChI=1S/C11H19NO2/c1-12-10(11-3-2-5-14-11)7-9-4-6-13-8-9/h3,9-10,12H,2,4-8H2,1H3. The largest absolute Gasteiger partial charge is 0.496 e. The van der Waals surface area contributed by atoms with Crippen LogP contribution in [0.1, 0.15) is 19.3 Å². The summed E-state index contributed by atoms with van der Waals surface area (Å²) in [6, 6.07) is 0.393. The molecule has 1 saturated heterocycles. The Morgan fingerprint density at radius 2 is 2.50 bits per heavy atom. The summed E-state index contributed by atoms with van der Waals surface area (Å²) in [6.45, 7) is 2.71. The summed E-state index contributed by atoms with van der Waals surface area (Å²) in [7, 11) is 2.00. The van der Waals surface area contributed by atoms with Gasteiger partial charge in [-0.3, -0.25) is 0 Å². The number of hydrogen-bond donors (Lipinski definition) is 1. The Morgan fingerprint density at radius 3 is 3.07 bits per heavy atom. The normalized spacial score (nSPS) is 28.6. The van der Waals surface area contributed by atoms with Gasteiger partial charge >= 0.3 is 0 Å². The van der Waals surface area contributed by atoms with E-state index < -0.39 is 0 Å². The van der Waals surface area contributed by atoms with Crippen LogP contribution >= 0.6 is 0 Å². The third-order valence-electron chi connectivity index (χ3n) is 3.02. The first-order valence-corrected chi connectivity index (χ1v) is 5.48. The summed E-state index contributed by atoms with van der Waals surface area (Å²) in [4.78, 5) is 0. The zero-order valence-electron chi connectivity index (χ0n) is 8.79. The van der Waals surface area contributed by atoms with E-state index in [1.54, 1.807) is 0 Å². The predicted octanol–water partition coefficient (Wildman–Crippen LogP) is 1.31. The minimum absolute atomic E-state index is 0.393. The molecule has 2 unspecified atom stereocenters. The van der Waals surface area contributed by atoms with E-state index in [0.717, 1.165) is 38.4 Å². The van der Waals surface area contributed by atoms with Gasteiger partial charge in [0.1, 0.15) is 5.76 Å². The van der Waals surface area contributed by atoms with Gasteiger partial charge in [0.15, 0.2) is 0 Å². The molecule has 0 radical (unpaired) electrons. The first-order chi connectivity index (χ1) is 6.90. The van der Waals surface area contributed by atoms with E-state index >= 15 is 0 Å². The van der Waals surface area contributed by atoms with Crippen molar-refractivity contribution >= 4 is 0 Å². The highest BCUT2D eigenvalue weighted by Gasteiger charge is 2.24. The van der Waals surface area contributed by atoms with Crippen molar-refractivity contribution in [1.29, 1.82) is 0 Å². The highest BCUT2D eigenvalue weighted by atomic mass is 16.5. The molecule has 0 aromatic rings. The Kier molecular flexibility index (Phi) is 3.43. The quantitative estimate of drug-likeness (QED) is 0.737. The van der Waals surface area contributed by atoms with Crippen molar-refractivity contribution < 1.29 is 9.47 Å². The van der Waals surface area contributed by atoms with Crippen LogP contribution in [0, 0.1) is 5.92 Å². The molecule has 1 fully saturated rings. The van der Waals surface area contributed by atoms with Gasteiger partial charge < -0.3 is 14.8 Å². The van der Waals surface area contributed by atoms with Gasteiger partial charge in [-0.2, -0.15) is 0 Å². The summed E-state index contributed by atoms with van der Waals surface area (Å²) in [5.41, 5.74) is 0. The van der Waals surface area contributed by atoms with Gasteiger partial charge in [0.25, 0.3) is 0 Å². The number of nitrogens with one attached hydrogen (secondary N) is 1.